The molecule has 0 aromatic carbocycles. The van der Waals surface area contributed by atoms with Gasteiger partial charge in [0.1, 0.15) is 5.76 Å². The quantitative estimate of drug-likeness (QED) is 0.723. The molecule has 4 heteroatoms. The van der Waals surface area contributed by atoms with Crippen molar-refractivity contribution in [1.82, 2.24) is 5.32 Å². The molecule has 0 aromatic heterocycles. The molecular weight excluding hydrogens is 194 g/mol. The van der Waals surface area contributed by atoms with Gasteiger partial charge in [0, 0.05) is 19.1 Å². The van der Waals surface area contributed by atoms with Crippen molar-refractivity contribution in [1.29, 1.82) is 0 Å². The Hall–Kier alpha value is -1.03. The van der Waals surface area contributed by atoms with E-state index in [9.17, 15) is 9.90 Å². The lowest BCUT2D eigenvalue weighted by atomic mass is 9.80. The summed E-state index contributed by atoms with van der Waals surface area (Å²) in [6, 6.07) is 0. The lowest BCUT2D eigenvalue weighted by Gasteiger charge is -2.37. The van der Waals surface area contributed by atoms with Crippen molar-refractivity contribution in [2.75, 3.05) is 6.61 Å². The fraction of sp³-hybridized carbons (Fsp3) is 0.727. The Labute approximate surface area is 89.3 Å². The Balaban J connectivity index is 2.09. The summed E-state index contributed by atoms with van der Waals surface area (Å²) >= 11 is 0. The molecule has 0 saturated heterocycles. The maximum Gasteiger partial charge on any atom is 0.248 e. The van der Waals surface area contributed by atoms with Crippen LogP contribution in [0.5, 0.6) is 0 Å². The van der Waals surface area contributed by atoms with Crippen LogP contribution in [-0.2, 0) is 9.53 Å². The molecule has 1 fully saturated rings. The number of aliphatic hydroxyl groups is 1. The third kappa shape index (κ3) is 1.86. The van der Waals surface area contributed by atoms with Crippen molar-refractivity contribution >= 4 is 5.91 Å². The number of rotatable bonds is 2. The number of ether oxygens (including phenoxy) is 1. The van der Waals surface area contributed by atoms with E-state index in [-0.39, 0.29) is 17.8 Å². The van der Waals surface area contributed by atoms with Gasteiger partial charge in [0.15, 0.2) is 0 Å². The van der Waals surface area contributed by atoms with Gasteiger partial charge in [-0.1, -0.05) is 0 Å². The third-order valence-electron chi connectivity index (χ3n) is 3.23. The maximum atomic E-state index is 11.2. The number of aliphatic hydroxyl groups excluding tert-OH is 1. The Morgan fingerprint density at radius 1 is 1.73 bits per heavy atom. The summed E-state index contributed by atoms with van der Waals surface area (Å²) in [4.78, 5) is 11.2. The van der Waals surface area contributed by atoms with Crippen LogP contribution >= 0.6 is 0 Å². The molecule has 0 bridgehead atoms. The largest absolute Gasteiger partial charge is 0.510 e. The van der Waals surface area contributed by atoms with E-state index in [4.69, 9.17) is 4.74 Å². The average molecular weight is 211 g/mol. The highest BCUT2D eigenvalue weighted by atomic mass is 16.5. The number of hydrogen-bond donors (Lipinski definition) is 2. The van der Waals surface area contributed by atoms with Crippen molar-refractivity contribution in [2.45, 2.75) is 44.2 Å². The van der Waals surface area contributed by atoms with Crippen molar-refractivity contribution in [2.24, 2.45) is 0 Å². The van der Waals surface area contributed by atoms with Gasteiger partial charge in [-0.05, 0) is 26.2 Å². The van der Waals surface area contributed by atoms with E-state index in [1.54, 1.807) is 0 Å². The van der Waals surface area contributed by atoms with Crippen LogP contribution in [0.25, 0.3) is 0 Å². The topological polar surface area (TPSA) is 58.6 Å². The van der Waals surface area contributed by atoms with Crippen molar-refractivity contribution in [3.63, 3.8) is 0 Å². The van der Waals surface area contributed by atoms with Crippen LogP contribution in [0, 0.1) is 0 Å². The standard InChI is InChI=1S/C11H17NO3/c1-2-15-8-4-3-5-11(7-8)9(13)6-10(14)12-11/h6,8,13H,2-5,7H2,1H3,(H,12,14). The highest BCUT2D eigenvalue weighted by Crippen LogP contribution is 2.36. The van der Waals surface area contributed by atoms with E-state index >= 15 is 0 Å². The fourth-order valence-electron chi connectivity index (χ4n) is 2.55. The van der Waals surface area contributed by atoms with Crippen LogP contribution < -0.4 is 5.32 Å². The molecule has 1 spiro atoms. The number of carbonyl (C=O) groups excluding carboxylic acids is 1. The van der Waals surface area contributed by atoms with Crippen molar-refractivity contribution < 1.29 is 14.6 Å². The number of nitrogens with one attached hydrogen (secondary N) is 1. The summed E-state index contributed by atoms with van der Waals surface area (Å²) in [5.41, 5.74) is -0.533. The molecule has 1 saturated carbocycles. The molecule has 2 rings (SSSR count). The van der Waals surface area contributed by atoms with Crippen LogP contribution in [0.2, 0.25) is 0 Å². The third-order valence-corrected chi connectivity index (χ3v) is 3.23. The zero-order chi connectivity index (χ0) is 10.9. The van der Waals surface area contributed by atoms with Crippen molar-refractivity contribution in [3.8, 4) is 0 Å². The molecular formula is C11H17NO3. The summed E-state index contributed by atoms with van der Waals surface area (Å²) in [7, 11) is 0. The lowest BCUT2D eigenvalue weighted by Crippen LogP contribution is -2.49. The molecule has 15 heavy (non-hydrogen) atoms. The monoisotopic (exact) mass is 211 g/mol. The van der Waals surface area contributed by atoms with Crippen LogP contribution in [0.3, 0.4) is 0 Å². The second kappa shape index (κ2) is 3.85. The molecule has 2 aliphatic rings. The van der Waals surface area contributed by atoms with Gasteiger partial charge in [0.2, 0.25) is 5.91 Å². The molecule has 1 aliphatic carbocycles. The van der Waals surface area contributed by atoms with Gasteiger partial charge >= 0.3 is 0 Å². The van der Waals surface area contributed by atoms with E-state index in [2.05, 4.69) is 5.32 Å². The van der Waals surface area contributed by atoms with E-state index in [0.717, 1.165) is 19.3 Å². The molecule has 2 N–H and O–H groups in total. The van der Waals surface area contributed by atoms with Crippen LogP contribution in [0.15, 0.2) is 11.8 Å². The molecule has 1 amide bonds. The normalized spacial score (nSPS) is 35.4. The van der Waals surface area contributed by atoms with Gasteiger partial charge < -0.3 is 15.2 Å². The SMILES string of the molecule is CCOC1CCCC2(C1)NC(=O)C=C2O. The number of carbonyl (C=O) groups is 1. The predicted octanol–water partition coefficient (Wildman–Crippen LogP) is 1.28. The minimum absolute atomic E-state index is 0.151. The van der Waals surface area contributed by atoms with Crippen LogP contribution in [0.1, 0.15) is 32.6 Å². The van der Waals surface area contributed by atoms with Crippen molar-refractivity contribution in [3.05, 3.63) is 11.8 Å². The van der Waals surface area contributed by atoms with Crippen LogP contribution in [0.4, 0.5) is 0 Å². The first-order valence-electron chi connectivity index (χ1n) is 5.51. The predicted molar refractivity (Wildman–Crippen MR) is 55.5 cm³/mol. The van der Waals surface area contributed by atoms with E-state index < -0.39 is 5.54 Å². The zero-order valence-electron chi connectivity index (χ0n) is 8.95. The first-order chi connectivity index (χ1) is 7.16. The Morgan fingerprint density at radius 3 is 3.13 bits per heavy atom. The van der Waals surface area contributed by atoms with E-state index in [1.165, 1.54) is 6.08 Å². The van der Waals surface area contributed by atoms with Gasteiger partial charge in [-0.15, -0.1) is 0 Å². The van der Waals surface area contributed by atoms with Gasteiger partial charge in [-0.25, -0.2) is 0 Å². The summed E-state index contributed by atoms with van der Waals surface area (Å²) < 4.78 is 5.56. The Morgan fingerprint density at radius 2 is 2.53 bits per heavy atom. The first-order valence-corrected chi connectivity index (χ1v) is 5.51. The smallest absolute Gasteiger partial charge is 0.248 e. The highest BCUT2D eigenvalue weighted by Gasteiger charge is 2.44. The van der Waals surface area contributed by atoms with Crippen LogP contribution in [-0.4, -0.2) is 29.3 Å². The van der Waals surface area contributed by atoms with Gasteiger partial charge in [-0.2, -0.15) is 0 Å². The number of amides is 1. The lowest BCUT2D eigenvalue weighted by molar-refractivity contribution is -0.117. The molecule has 2 atom stereocenters. The molecule has 84 valence electrons. The average Bonchev–Trinajstić information content (AvgIpc) is 2.42. The second-order valence-electron chi connectivity index (χ2n) is 4.27. The molecule has 1 heterocycles. The van der Waals surface area contributed by atoms with E-state index in [1.807, 2.05) is 6.92 Å². The van der Waals surface area contributed by atoms with Gasteiger partial charge in [-0.3, -0.25) is 4.79 Å². The van der Waals surface area contributed by atoms with E-state index in [0.29, 0.717) is 13.0 Å². The second-order valence-corrected chi connectivity index (χ2v) is 4.27. The molecule has 2 unspecified atom stereocenters. The Kier molecular flexibility index (Phi) is 2.69. The minimum Gasteiger partial charge on any atom is -0.510 e. The van der Waals surface area contributed by atoms with Gasteiger partial charge in [0.25, 0.3) is 0 Å². The maximum absolute atomic E-state index is 11.2. The van der Waals surface area contributed by atoms with Gasteiger partial charge in [0.05, 0.1) is 11.6 Å². The molecule has 1 aliphatic heterocycles. The summed E-state index contributed by atoms with van der Waals surface area (Å²) in [5.74, 6) is -0.0125. The molecule has 4 nitrogen and oxygen atoms in total. The first kappa shape index (κ1) is 10.5. The summed E-state index contributed by atoms with van der Waals surface area (Å²) in [6.45, 7) is 2.64. The Bertz CT molecular complexity index is 298. The fourth-order valence-corrected chi connectivity index (χ4v) is 2.55. The number of hydrogen-bond acceptors (Lipinski definition) is 3. The molecule has 0 radical (unpaired) electrons. The summed E-state index contributed by atoms with van der Waals surface area (Å²) in [6.07, 6.45) is 4.92. The zero-order valence-corrected chi connectivity index (χ0v) is 8.95. The molecule has 0 aromatic rings. The summed E-state index contributed by atoms with van der Waals surface area (Å²) in [5, 5.41) is 12.6. The highest BCUT2D eigenvalue weighted by molar-refractivity contribution is 5.92. The minimum atomic E-state index is -0.533.